The summed E-state index contributed by atoms with van der Waals surface area (Å²) in [5.41, 5.74) is 2.70. The van der Waals surface area contributed by atoms with Gasteiger partial charge in [-0.15, -0.1) is 0 Å². The summed E-state index contributed by atoms with van der Waals surface area (Å²) in [4.78, 5) is 22.5. The Bertz CT molecular complexity index is 768. The first kappa shape index (κ1) is 16.7. The highest BCUT2D eigenvalue weighted by Gasteiger charge is 2.17. The maximum absolute atomic E-state index is 14.2. The monoisotopic (exact) mass is 319 g/mol. The highest BCUT2D eigenvalue weighted by molar-refractivity contribution is 5.95. The maximum atomic E-state index is 14.2. The maximum Gasteiger partial charge on any atom is 0.305 e. The lowest BCUT2D eigenvalue weighted by atomic mass is 10.0. The molecule has 7 heteroatoms. The number of carbonyl (C=O) groups excluding carboxylic acids is 1. The van der Waals surface area contributed by atoms with Crippen molar-refractivity contribution in [3.8, 4) is 11.1 Å². The van der Waals surface area contributed by atoms with E-state index in [1.54, 1.807) is 18.7 Å². The molecule has 0 saturated heterocycles. The van der Waals surface area contributed by atoms with Crippen LogP contribution in [0.4, 0.5) is 4.39 Å². The van der Waals surface area contributed by atoms with Crippen LogP contribution in [0.25, 0.3) is 11.1 Å². The smallest absolute Gasteiger partial charge is 0.305 e. The summed E-state index contributed by atoms with van der Waals surface area (Å²) in [5.74, 6) is -1.87. The van der Waals surface area contributed by atoms with Crippen molar-refractivity contribution in [1.82, 2.24) is 15.1 Å². The summed E-state index contributed by atoms with van der Waals surface area (Å²) >= 11 is 0. The molecule has 23 heavy (non-hydrogen) atoms. The SMILES string of the molecule is Cc1nn(C)c(C)c1-c1cc(C(=O)NCCC(=O)O)ccc1F. The van der Waals surface area contributed by atoms with Crippen molar-refractivity contribution in [2.75, 3.05) is 6.54 Å². The number of nitrogens with one attached hydrogen (secondary N) is 1. The molecule has 0 bridgehead atoms. The molecule has 0 fully saturated rings. The van der Waals surface area contributed by atoms with E-state index in [9.17, 15) is 14.0 Å². The average Bonchev–Trinajstić information content (AvgIpc) is 2.72. The predicted molar refractivity (Wildman–Crippen MR) is 82.7 cm³/mol. The van der Waals surface area contributed by atoms with Gasteiger partial charge >= 0.3 is 5.97 Å². The number of nitrogens with zero attached hydrogens (tertiary/aromatic N) is 2. The predicted octanol–water partition coefficient (Wildman–Crippen LogP) is 2.05. The molecule has 0 aliphatic carbocycles. The molecule has 1 aromatic heterocycles. The highest BCUT2D eigenvalue weighted by atomic mass is 19.1. The normalized spacial score (nSPS) is 10.6. The Morgan fingerprint density at radius 2 is 2.04 bits per heavy atom. The molecule has 1 amide bonds. The van der Waals surface area contributed by atoms with Crippen molar-refractivity contribution in [1.29, 1.82) is 0 Å². The van der Waals surface area contributed by atoms with Gasteiger partial charge in [0, 0.05) is 36.0 Å². The van der Waals surface area contributed by atoms with Gasteiger partial charge in [-0.1, -0.05) is 0 Å². The van der Waals surface area contributed by atoms with E-state index in [1.165, 1.54) is 18.2 Å². The van der Waals surface area contributed by atoms with Gasteiger partial charge in [0.1, 0.15) is 5.82 Å². The molecule has 0 radical (unpaired) electrons. The second-order valence-corrected chi connectivity index (χ2v) is 5.26. The fraction of sp³-hybridized carbons (Fsp3) is 0.312. The van der Waals surface area contributed by atoms with Gasteiger partial charge in [0.05, 0.1) is 12.1 Å². The van der Waals surface area contributed by atoms with Gasteiger partial charge in [-0.25, -0.2) is 4.39 Å². The Morgan fingerprint density at radius 3 is 2.61 bits per heavy atom. The van der Waals surface area contributed by atoms with Crippen molar-refractivity contribution < 1.29 is 19.1 Å². The van der Waals surface area contributed by atoms with Gasteiger partial charge in [-0.05, 0) is 32.0 Å². The molecule has 0 aliphatic heterocycles. The van der Waals surface area contributed by atoms with E-state index in [-0.39, 0.29) is 18.5 Å². The third kappa shape index (κ3) is 3.56. The third-order valence-electron chi connectivity index (χ3n) is 3.63. The van der Waals surface area contributed by atoms with Crippen molar-refractivity contribution >= 4 is 11.9 Å². The number of carbonyl (C=O) groups is 2. The first-order chi connectivity index (χ1) is 10.8. The largest absolute Gasteiger partial charge is 0.481 e. The topological polar surface area (TPSA) is 84.2 Å². The average molecular weight is 319 g/mol. The van der Waals surface area contributed by atoms with E-state index in [0.717, 1.165) is 5.69 Å². The van der Waals surface area contributed by atoms with E-state index in [2.05, 4.69) is 10.4 Å². The lowest BCUT2D eigenvalue weighted by molar-refractivity contribution is -0.136. The number of hydrogen-bond acceptors (Lipinski definition) is 3. The number of aliphatic carboxylic acids is 1. The van der Waals surface area contributed by atoms with Gasteiger partial charge in [0.25, 0.3) is 5.91 Å². The minimum absolute atomic E-state index is 0.0197. The van der Waals surface area contributed by atoms with Crippen LogP contribution >= 0.6 is 0 Å². The summed E-state index contributed by atoms with van der Waals surface area (Å²) in [6.07, 6.45) is -0.166. The minimum atomic E-state index is -0.994. The van der Waals surface area contributed by atoms with E-state index in [0.29, 0.717) is 16.8 Å². The number of aryl methyl sites for hydroxylation is 2. The van der Waals surface area contributed by atoms with Crippen molar-refractivity contribution in [2.45, 2.75) is 20.3 Å². The second-order valence-electron chi connectivity index (χ2n) is 5.26. The second kappa shape index (κ2) is 6.60. The van der Waals surface area contributed by atoms with Crippen LogP contribution in [0.5, 0.6) is 0 Å². The molecule has 0 aliphatic rings. The molecule has 1 heterocycles. The number of hydrogen-bond donors (Lipinski definition) is 2. The Hall–Kier alpha value is -2.70. The zero-order chi connectivity index (χ0) is 17.1. The van der Waals surface area contributed by atoms with Crippen LogP contribution in [0.3, 0.4) is 0 Å². The Morgan fingerprint density at radius 1 is 1.35 bits per heavy atom. The highest BCUT2D eigenvalue weighted by Crippen LogP contribution is 2.29. The summed E-state index contributed by atoms with van der Waals surface area (Å²) in [6.45, 7) is 3.63. The van der Waals surface area contributed by atoms with Crippen LogP contribution in [0.2, 0.25) is 0 Å². The molecule has 1 aromatic carbocycles. The fourth-order valence-electron chi connectivity index (χ4n) is 2.41. The Labute approximate surface area is 132 Å². The van der Waals surface area contributed by atoms with Crippen LogP contribution < -0.4 is 5.32 Å². The zero-order valence-electron chi connectivity index (χ0n) is 13.2. The molecule has 2 N–H and O–H groups in total. The van der Waals surface area contributed by atoms with Gasteiger partial charge in [-0.2, -0.15) is 5.10 Å². The number of carboxylic acid groups (broad SMARTS) is 1. The third-order valence-corrected chi connectivity index (χ3v) is 3.63. The standard InChI is InChI=1S/C16H18FN3O3/c1-9-15(10(2)20(3)19-9)12-8-11(4-5-13(12)17)16(23)18-7-6-14(21)22/h4-5,8H,6-7H2,1-3H3,(H,18,23)(H,21,22). The first-order valence-corrected chi connectivity index (χ1v) is 7.11. The first-order valence-electron chi connectivity index (χ1n) is 7.11. The Kier molecular flexibility index (Phi) is 4.78. The number of aromatic nitrogens is 2. The number of carboxylic acids is 1. The molecular weight excluding hydrogens is 301 g/mol. The summed E-state index contributed by atoms with van der Waals surface area (Å²) < 4.78 is 15.9. The molecule has 2 rings (SSSR count). The van der Waals surface area contributed by atoms with E-state index >= 15 is 0 Å². The summed E-state index contributed by atoms with van der Waals surface area (Å²) in [5, 5.41) is 15.3. The number of benzene rings is 1. The Balaban J connectivity index is 2.32. The van der Waals surface area contributed by atoms with Crippen LogP contribution in [0.1, 0.15) is 28.2 Å². The molecule has 0 unspecified atom stereocenters. The number of amides is 1. The quantitative estimate of drug-likeness (QED) is 0.883. The number of rotatable bonds is 5. The van der Waals surface area contributed by atoms with E-state index in [4.69, 9.17) is 5.11 Å². The fourth-order valence-corrected chi connectivity index (χ4v) is 2.41. The van der Waals surface area contributed by atoms with Gasteiger partial charge in [0.2, 0.25) is 0 Å². The van der Waals surface area contributed by atoms with Crippen molar-refractivity contribution in [3.05, 3.63) is 41.0 Å². The zero-order valence-corrected chi connectivity index (χ0v) is 13.2. The lowest BCUT2D eigenvalue weighted by Crippen LogP contribution is -2.26. The number of halogens is 1. The lowest BCUT2D eigenvalue weighted by Gasteiger charge is -2.08. The summed E-state index contributed by atoms with van der Waals surface area (Å²) in [6, 6.07) is 4.06. The molecule has 122 valence electrons. The molecule has 0 atom stereocenters. The van der Waals surface area contributed by atoms with Crippen molar-refractivity contribution in [2.24, 2.45) is 7.05 Å². The van der Waals surface area contributed by atoms with Gasteiger partial charge in [-0.3, -0.25) is 14.3 Å². The minimum Gasteiger partial charge on any atom is -0.481 e. The van der Waals surface area contributed by atoms with Crippen LogP contribution in [-0.2, 0) is 11.8 Å². The van der Waals surface area contributed by atoms with Crippen LogP contribution in [0, 0.1) is 19.7 Å². The molecule has 2 aromatic rings. The van der Waals surface area contributed by atoms with Gasteiger partial charge in [0.15, 0.2) is 0 Å². The summed E-state index contributed by atoms with van der Waals surface area (Å²) in [7, 11) is 1.77. The van der Waals surface area contributed by atoms with Gasteiger partial charge < -0.3 is 10.4 Å². The van der Waals surface area contributed by atoms with Crippen LogP contribution in [-0.4, -0.2) is 33.3 Å². The van der Waals surface area contributed by atoms with E-state index in [1.807, 2.05) is 6.92 Å². The van der Waals surface area contributed by atoms with Crippen LogP contribution in [0.15, 0.2) is 18.2 Å². The van der Waals surface area contributed by atoms with E-state index < -0.39 is 17.7 Å². The molecule has 0 saturated carbocycles. The molecule has 6 nitrogen and oxygen atoms in total. The van der Waals surface area contributed by atoms with Crippen molar-refractivity contribution in [3.63, 3.8) is 0 Å². The molecular formula is C16H18FN3O3. The molecule has 0 spiro atoms.